The van der Waals surface area contributed by atoms with Gasteiger partial charge in [-0.1, -0.05) is 19.1 Å². The van der Waals surface area contributed by atoms with Gasteiger partial charge in [0.1, 0.15) is 11.5 Å². The van der Waals surface area contributed by atoms with E-state index < -0.39 is 0 Å². The molecule has 2 aromatic carbocycles. The first-order valence-corrected chi connectivity index (χ1v) is 7.31. The lowest BCUT2D eigenvalue weighted by Gasteiger charge is -2.10. The quantitative estimate of drug-likeness (QED) is 0.798. The van der Waals surface area contributed by atoms with Gasteiger partial charge in [0.05, 0.1) is 12.7 Å². The fourth-order valence-corrected chi connectivity index (χ4v) is 2.09. The molecule has 0 saturated heterocycles. The van der Waals surface area contributed by atoms with Crippen molar-refractivity contribution in [2.75, 3.05) is 19.0 Å². The molecule has 2 rings (SSSR count). The summed E-state index contributed by atoms with van der Waals surface area (Å²) in [6.45, 7) is 1.87. The molecular formula is C18H19NO4. The minimum atomic E-state index is -0.286. The number of hydrogen-bond donors (Lipinski definition) is 1. The van der Waals surface area contributed by atoms with Gasteiger partial charge >= 0.3 is 0 Å². The van der Waals surface area contributed by atoms with Gasteiger partial charge in [0.25, 0.3) is 5.91 Å². The van der Waals surface area contributed by atoms with Crippen molar-refractivity contribution in [3.63, 3.8) is 0 Å². The number of carbonyl (C=O) groups excluding carboxylic acids is 2. The van der Waals surface area contributed by atoms with E-state index in [-0.39, 0.29) is 12.5 Å². The Morgan fingerprint density at radius 1 is 1.22 bits per heavy atom. The number of hydrogen-bond acceptors (Lipinski definition) is 4. The summed E-state index contributed by atoms with van der Waals surface area (Å²) in [5.41, 5.74) is 2.20. The zero-order chi connectivity index (χ0) is 16.7. The van der Waals surface area contributed by atoms with Gasteiger partial charge in [-0.2, -0.15) is 0 Å². The largest absolute Gasteiger partial charge is 0.497 e. The molecule has 0 bridgehead atoms. The molecule has 0 unspecified atom stereocenters. The summed E-state index contributed by atoms with van der Waals surface area (Å²) in [5, 5.41) is 2.77. The van der Waals surface area contributed by atoms with Crippen LogP contribution in [0.25, 0.3) is 0 Å². The molecule has 0 aliphatic rings. The van der Waals surface area contributed by atoms with Crippen molar-refractivity contribution in [1.29, 1.82) is 0 Å². The summed E-state index contributed by atoms with van der Waals surface area (Å²) < 4.78 is 10.5. The topological polar surface area (TPSA) is 64.6 Å². The summed E-state index contributed by atoms with van der Waals surface area (Å²) in [7, 11) is 1.52. The van der Waals surface area contributed by atoms with E-state index in [1.165, 1.54) is 7.11 Å². The Balaban J connectivity index is 1.97. The Labute approximate surface area is 135 Å². The monoisotopic (exact) mass is 313 g/mol. The van der Waals surface area contributed by atoms with Crippen molar-refractivity contribution in [2.24, 2.45) is 0 Å². The first-order valence-electron chi connectivity index (χ1n) is 7.31. The van der Waals surface area contributed by atoms with Crippen LogP contribution in [0, 0.1) is 0 Å². The number of anilines is 1. The molecule has 1 amide bonds. The first-order chi connectivity index (χ1) is 11.2. The second-order valence-corrected chi connectivity index (χ2v) is 4.91. The van der Waals surface area contributed by atoms with Gasteiger partial charge in [0.2, 0.25) is 0 Å². The summed E-state index contributed by atoms with van der Waals surface area (Å²) in [4.78, 5) is 23.0. The molecule has 0 aliphatic heterocycles. The molecule has 0 saturated carbocycles. The summed E-state index contributed by atoms with van der Waals surface area (Å²) >= 11 is 0. The van der Waals surface area contributed by atoms with Gasteiger partial charge in [0, 0.05) is 5.69 Å². The van der Waals surface area contributed by atoms with Gasteiger partial charge in [0.15, 0.2) is 12.9 Å². The molecule has 23 heavy (non-hydrogen) atoms. The Hall–Kier alpha value is -2.82. The molecule has 0 radical (unpaired) electrons. The van der Waals surface area contributed by atoms with E-state index in [0.717, 1.165) is 17.7 Å². The maximum absolute atomic E-state index is 12.0. The molecule has 0 atom stereocenters. The number of carbonyl (C=O) groups is 2. The highest BCUT2D eigenvalue weighted by atomic mass is 16.5. The van der Waals surface area contributed by atoms with Gasteiger partial charge in [-0.15, -0.1) is 0 Å². The number of ether oxygens (including phenoxy) is 2. The van der Waals surface area contributed by atoms with Crippen LogP contribution in [-0.4, -0.2) is 25.9 Å². The fraction of sp³-hybridized carbons (Fsp3) is 0.222. The second-order valence-electron chi connectivity index (χ2n) is 4.91. The van der Waals surface area contributed by atoms with Crippen LogP contribution < -0.4 is 14.8 Å². The van der Waals surface area contributed by atoms with Crippen LogP contribution in [0.15, 0.2) is 42.5 Å². The summed E-state index contributed by atoms with van der Waals surface area (Å²) in [5.74, 6) is 0.615. The highest BCUT2D eigenvalue weighted by Gasteiger charge is 2.08. The number of aryl methyl sites for hydroxylation is 1. The molecule has 120 valence electrons. The summed E-state index contributed by atoms with van der Waals surface area (Å²) in [6.07, 6.45) is 1.56. The third-order valence-electron chi connectivity index (χ3n) is 3.32. The maximum atomic E-state index is 12.0. The van der Waals surface area contributed by atoms with Gasteiger partial charge in [-0.05, 0) is 42.3 Å². The van der Waals surface area contributed by atoms with Crippen LogP contribution in [0.3, 0.4) is 0 Å². The summed E-state index contributed by atoms with van der Waals surface area (Å²) in [6, 6.07) is 12.5. The number of amides is 1. The molecule has 5 nitrogen and oxygen atoms in total. The van der Waals surface area contributed by atoms with E-state index in [9.17, 15) is 9.59 Å². The van der Waals surface area contributed by atoms with Crippen molar-refractivity contribution >= 4 is 17.9 Å². The number of benzene rings is 2. The Morgan fingerprint density at radius 3 is 2.74 bits per heavy atom. The van der Waals surface area contributed by atoms with Crippen LogP contribution in [-0.2, 0) is 11.2 Å². The van der Waals surface area contributed by atoms with Crippen LogP contribution in [0.1, 0.15) is 22.8 Å². The van der Waals surface area contributed by atoms with Crippen molar-refractivity contribution in [1.82, 2.24) is 0 Å². The number of aldehydes is 1. The van der Waals surface area contributed by atoms with E-state index >= 15 is 0 Å². The Morgan fingerprint density at radius 2 is 2.04 bits per heavy atom. The molecular weight excluding hydrogens is 294 g/mol. The van der Waals surface area contributed by atoms with Crippen LogP contribution in [0.2, 0.25) is 0 Å². The minimum absolute atomic E-state index is 0.177. The average Bonchev–Trinajstić information content (AvgIpc) is 2.59. The second kappa shape index (κ2) is 7.98. The predicted octanol–water partition coefficient (Wildman–Crippen LogP) is 3.09. The number of nitrogens with one attached hydrogen (secondary N) is 1. The first kappa shape index (κ1) is 16.5. The van der Waals surface area contributed by atoms with Crippen LogP contribution in [0.5, 0.6) is 11.5 Å². The molecule has 0 aliphatic carbocycles. The minimum Gasteiger partial charge on any atom is -0.497 e. The highest BCUT2D eigenvalue weighted by molar-refractivity contribution is 5.92. The average molecular weight is 313 g/mol. The molecule has 2 aromatic rings. The molecule has 0 aromatic heterocycles. The van der Waals surface area contributed by atoms with Crippen molar-refractivity contribution in [3.05, 3.63) is 53.6 Å². The maximum Gasteiger partial charge on any atom is 0.262 e. The third-order valence-corrected chi connectivity index (χ3v) is 3.32. The van der Waals surface area contributed by atoms with E-state index in [2.05, 4.69) is 12.2 Å². The normalized spacial score (nSPS) is 10.0. The standard InChI is InChI=1S/C18H19NO4/c1-3-13-5-4-6-15(9-13)19-18(21)12-23-17-8-7-16(22-2)10-14(17)11-20/h4-11H,3,12H2,1-2H3,(H,19,21). The van der Waals surface area contributed by atoms with Gasteiger partial charge < -0.3 is 14.8 Å². The van der Waals surface area contributed by atoms with Crippen molar-refractivity contribution in [2.45, 2.75) is 13.3 Å². The van der Waals surface area contributed by atoms with E-state index in [1.807, 2.05) is 24.3 Å². The zero-order valence-corrected chi connectivity index (χ0v) is 13.2. The third kappa shape index (κ3) is 4.57. The fourth-order valence-electron chi connectivity index (χ4n) is 2.09. The molecule has 1 N–H and O–H groups in total. The van der Waals surface area contributed by atoms with Crippen molar-refractivity contribution in [3.8, 4) is 11.5 Å². The highest BCUT2D eigenvalue weighted by Crippen LogP contribution is 2.22. The SMILES string of the molecule is CCc1cccc(NC(=O)COc2ccc(OC)cc2C=O)c1. The Bertz CT molecular complexity index is 697. The van der Waals surface area contributed by atoms with Crippen LogP contribution >= 0.6 is 0 Å². The Kier molecular flexibility index (Phi) is 5.74. The zero-order valence-electron chi connectivity index (χ0n) is 13.2. The van der Waals surface area contributed by atoms with E-state index in [1.54, 1.807) is 18.2 Å². The molecule has 0 spiro atoms. The smallest absolute Gasteiger partial charge is 0.262 e. The molecule has 0 fully saturated rings. The number of rotatable bonds is 7. The lowest BCUT2D eigenvalue weighted by molar-refractivity contribution is -0.118. The molecule has 5 heteroatoms. The van der Waals surface area contributed by atoms with E-state index in [4.69, 9.17) is 9.47 Å². The van der Waals surface area contributed by atoms with E-state index in [0.29, 0.717) is 23.3 Å². The number of methoxy groups -OCH3 is 1. The van der Waals surface area contributed by atoms with Gasteiger partial charge in [-0.3, -0.25) is 9.59 Å². The molecule has 0 heterocycles. The lowest BCUT2D eigenvalue weighted by Crippen LogP contribution is -2.20. The van der Waals surface area contributed by atoms with Crippen molar-refractivity contribution < 1.29 is 19.1 Å². The van der Waals surface area contributed by atoms with Gasteiger partial charge in [-0.25, -0.2) is 0 Å². The lowest BCUT2D eigenvalue weighted by atomic mass is 10.1. The predicted molar refractivity (Wildman–Crippen MR) is 88.3 cm³/mol. The van der Waals surface area contributed by atoms with Crippen LogP contribution in [0.4, 0.5) is 5.69 Å².